The summed E-state index contributed by atoms with van der Waals surface area (Å²) < 4.78 is 1.71. The normalized spacial score (nSPS) is 17.4. The highest BCUT2D eigenvalue weighted by atomic mass is 35.5. The molecule has 0 bridgehead atoms. The van der Waals surface area contributed by atoms with Crippen LogP contribution >= 0.6 is 11.6 Å². The maximum Gasteiger partial charge on any atom is 0.255 e. The number of hydrogen-bond donors (Lipinski definition) is 2. The number of aromatic nitrogens is 2. The minimum absolute atomic E-state index is 0.0290. The predicted octanol–water partition coefficient (Wildman–Crippen LogP) is 2.10. The molecule has 1 aromatic heterocycles. The SMILES string of the molecule is CCc1c(C(=O)N[C@H]2CCC(=O)NC2)cnn1-c1ccccc1Cl. The van der Waals surface area contributed by atoms with Gasteiger partial charge in [0.2, 0.25) is 5.91 Å². The number of nitrogens with one attached hydrogen (secondary N) is 2. The van der Waals surface area contributed by atoms with E-state index in [-0.39, 0.29) is 17.9 Å². The van der Waals surface area contributed by atoms with Crippen molar-refractivity contribution >= 4 is 23.4 Å². The first kappa shape index (κ1) is 16.5. The fourth-order valence-corrected chi connectivity index (χ4v) is 3.07. The minimum Gasteiger partial charge on any atom is -0.354 e. The van der Waals surface area contributed by atoms with E-state index < -0.39 is 0 Å². The lowest BCUT2D eigenvalue weighted by molar-refractivity contribution is -0.122. The second kappa shape index (κ2) is 7.05. The standard InChI is InChI=1S/C17H19ClN4O2/c1-2-14-12(17(24)21-11-7-8-16(23)19-9-11)10-20-22(14)15-6-4-3-5-13(15)18/h3-6,10-11H,2,7-9H2,1H3,(H,19,23)(H,21,24)/t11-/m0/s1. The summed E-state index contributed by atoms with van der Waals surface area (Å²) in [7, 11) is 0. The molecule has 2 heterocycles. The van der Waals surface area contributed by atoms with Gasteiger partial charge in [0.1, 0.15) is 0 Å². The van der Waals surface area contributed by atoms with Crippen molar-refractivity contribution in [2.24, 2.45) is 0 Å². The minimum atomic E-state index is -0.175. The Hall–Kier alpha value is -2.34. The number of benzene rings is 1. The largest absolute Gasteiger partial charge is 0.354 e. The van der Waals surface area contributed by atoms with Gasteiger partial charge in [0, 0.05) is 19.0 Å². The Kier molecular flexibility index (Phi) is 4.85. The van der Waals surface area contributed by atoms with Crippen LogP contribution in [-0.4, -0.2) is 34.2 Å². The third kappa shape index (κ3) is 3.28. The maximum absolute atomic E-state index is 12.6. The van der Waals surface area contributed by atoms with Gasteiger partial charge in [-0.25, -0.2) is 4.68 Å². The van der Waals surface area contributed by atoms with Gasteiger partial charge in [-0.2, -0.15) is 5.10 Å². The number of hydrogen-bond acceptors (Lipinski definition) is 3. The first-order chi connectivity index (χ1) is 11.6. The summed E-state index contributed by atoms with van der Waals surface area (Å²) in [5.74, 6) is -0.146. The molecular formula is C17H19ClN4O2. The predicted molar refractivity (Wildman–Crippen MR) is 91.4 cm³/mol. The molecule has 2 amide bonds. The molecule has 0 saturated carbocycles. The van der Waals surface area contributed by atoms with Crippen molar-refractivity contribution in [2.45, 2.75) is 32.2 Å². The molecule has 126 valence electrons. The number of halogens is 1. The molecule has 1 aliphatic rings. The van der Waals surface area contributed by atoms with Gasteiger partial charge in [-0.15, -0.1) is 0 Å². The quantitative estimate of drug-likeness (QED) is 0.890. The van der Waals surface area contributed by atoms with E-state index in [4.69, 9.17) is 11.6 Å². The van der Waals surface area contributed by atoms with Crippen molar-refractivity contribution < 1.29 is 9.59 Å². The molecule has 0 radical (unpaired) electrons. The van der Waals surface area contributed by atoms with Crippen molar-refractivity contribution in [3.63, 3.8) is 0 Å². The van der Waals surface area contributed by atoms with Gasteiger partial charge < -0.3 is 10.6 Å². The molecular weight excluding hydrogens is 328 g/mol. The van der Waals surface area contributed by atoms with Crippen molar-refractivity contribution in [1.82, 2.24) is 20.4 Å². The fourth-order valence-electron chi connectivity index (χ4n) is 2.85. The second-order valence-corrected chi connectivity index (χ2v) is 6.14. The van der Waals surface area contributed by atoms with Crippen LogP contribution < -0.4 is 10.6 Å². The van der Waals surface area contributed by atoms with Crippen molar-refractivity contribution in [3.8, 4) is 5.69 Å². The number of nitrogens with zero attached hydrogens (tertiary/aromatic N) is 2. The van der Waals surface area contributed by atoms with E-state index in [1.165, 1.54) is 0 Å². The molecule has 6 nitrogen and oxygen atoms in total. The lowest BCUT2D eigenvalue weighted by Gasteiger charge is -2.23. The van der Waals surface area contributed by atoms with Crippen LogP contribution in [0.5, 0.6) is 0 Å². The molecule has 1 aliphatic heterocycles. The van der Waals surface area contributed by atoms with Crippen LogP contribution in [0.4, 0.5) is 0 Å². The highest BCUT2D eigenvalue weighted by molar-refractivity contribution is 6.32. The van der Waals surface area contributed by atoms with Crippen LogP contribution in [0.25, 0.3) is 5.69 Å². The molecule has 7 heteroatoms. The van der Waals surface area contributed by atoms with Gasteiger partial charge in [-0.05, 0) is 25.0 Å². The molecule has 24 heavy (non-hydrogen) atoms. The smallest absolute Gasteiger partial charge is 0.255 e. The van der Waals surface area contributed by atoms with Crippen LogP contribution in [0, 0.1) is 0 Å². The van der Waals surface area contributed by atoms with Crippen LogP contribution in [0.3, 0.4) is 0 Å². The molecule has 1 atom stereocenters. The van der Waals surface area contributed by atoms with Gasteiger partial charge in [-0.1, -0.05) is 30.7 Å². The monoisotopic (exact) mass is 346 g/mol. The molecule has 3 rings (SSSR count). The molecule has 0 unspecified atom stereocenters. The van der Waals surface area contributed by atoms with Gasteiger partial charge in [0.05, 0.1) is 28.2 Å². The molecule has 2 N–H and O–H groups in total. The molecule has 1 aromatic carbocycles. The third-order valence-corrected chi connectivity index (χ3v) is 4.45. The average Bonchev–Trinajstić information content (AvgIpc) is 3.01. The van der Waals surface area contributed by atoms with E-state index in [1.807, 2.05) is 25.1 Å². The van der Waals surface area contributed by atoms with E-state index >= 15 is 0 Å². The van der Waals surface area contributed by atoms with Gasteiger partial charge in [-0.3, -0.25) is 9.59 Å². The van der Waals surface area contributed by atoms with Gasteiger partial charge >= 0.3 is 0 Å². The van der Waals surface area contributed by atoms with Crippen LogP contribution in [-0.2, 0) is 11.2 Å². The Bertz CT molecular complexity index is 762. The zero-order chi connectivity index (χ0) is 17.1. The number of para-hydroxylation sites is 1. The lowest BCUT2D eigenvalue weighted by Crippen LogP contribution is -2.47. The zero-order valence-electron chi connectivity index (χ0n) is 13.4. The Morgan fingerprint density at radius 2 is 2.25 bits per heavy atom. The third-order valence-electron chi connectivity index (χ3n) is 4.13. The Morgan fingerprint density at radius 1 is 1.46 bits per heavy atom. The zero-order valence-corrected chi connectivity index (χ0v) is 14.1. The summed E-state index contributed by atoms with van der Waals surface area (Å²) >= 11 is 6.24. The molecule has 0 spiro atoms. The molecule has 2 aromatic rings. The summed E-state index contributed by atoms with van der Waals surface area (Å²) in [5.41, 5.74) is 2.09. The summed E-state index contributed by atoms with van der Waals surface area (Å²) in [4.78, 5) is 23.8. The van der Waals surface area contributed by atoms with E-state index in [0.717, 1.165) is 11.4 Å². The van der Waals surface area contributed by atoms with Gasteiger partial charge in [0.15, 0.2) is 0 Å². The Labute approximate surface area is 145 Å². The van der Waals surface area contributed by atoms with Crippen LogP contribution in [0.15, 0.2) is 30.5 Å². The highest BCUT2D eigenvalue weighted by Gasteiger charge is 2.23. The Balaban J connectivity index is 1.83. The first-order valence-corrected chi connectivity index (χ1v) is 8.37. The summed E-state index contributed by atoms with van der Waals surface area (Å²) in [5, 5.41) is 10.7. The molecule has 0 aliphatic carbocycles. The van der Waals surface area contributed by atoms with Gasteiger partial charge in [0.25, 0.3) is 5.91 Å². The fraction of sp³-hybridized carbons (Fsp3) is 0.353. The first-order valence-electron chi connectivity index (χ1n) is 7.99. The second-order valence-electron chi connectivity index (χ2n) is 5.73. The van der Waals surface area contributed by atoms with E-state index in [0.29, 0.717) is 36.4 Å². The highest BCUT2D eigenvalue weighted by Crippen LogP contribution is 2.23. The van der Waals surface area contributed by atoms with Crippen molar-refractivity contribution in [3.05, 3.63) is 46.7 Å². The number of amides is 2. The number of carbonyl (C=O) groups is 2. The van der Waals surface area contributed by atoms with Crippen molar-refractivity contribution in [2.75, 3.05) is 6.54 Å². The number of piperidine rings is 1. The Morgan fingerprint density at radius 3 is 2.92 bits per heavy atom. The summed E-state index contributed by atoms with van der Waals surface area (Å²) in [6.45, 7) is 2.44. The van der Waals surface area contributed by atoms with Crippen LogP contribution in [0.2, 0.25) is 5.02 Å². The van der Waals surface area contributed by atoms with E-state index in [2.05, 4.69) is 15.7 Å². The maximum atomic E-state index is 12.6. The molecule has 1 saturated heterocycles. The average molecular weight is 347 g/mol. The topological polar surface area (TPSA) is 76.0 Å². The van der Waals surface area contributed by atoms with E-state index in [9.17, 15) is 9.59 Å². The summed E-state index contributed by atoms with van der Waals surface area (Å²) in [6.07, 6.45) is 3.30. The van der Waals surface area contributed by atoms with Crippen molar-refractivity contribution in [1.29, 1.82) is 0 Å². The van der Waals surface area contributed by atoms with E-state index in [1.54, 1.807) is 16.9 Å². The number of carbonyl (C=O) groups excluding carboxylic acids is 2. The molecule has 1 fully saturated rings. The number of rotatable bonds is 4. The summed E-state index contributed by atoms with van der Waals surface area (Å²) in [6, 6.07) is 7.34. The van der Waals surface area contributed by atoms with Crippen LogP contribution in [0.1, 0.15) is 35.8 Å². The lowest BCUT2D eigenvalue weighted by atomic mass is 10.1.